The molecule has 15 heteroatoms. The number of amides is 1. The minimum Gasteiger partial charge on any atom is -0.462 e. The molecule has 1 unspecified atom stereocenters. The number of ether oxygens (including phenoxy) is 1. The second kappa shape index (κ2) is 18.6. The van der Waals surface area contributed by atoms with Crippen molar-refractivity contribution in [2.45, 2.75) is 18.4 Å². The molecule has 6 rings (SSSR count). The Kier molecular flexibility index (Phi) is 13.2. The van der Waals surface area contributed by atoms with Crippen LogP contribution >= 0.6 is 11.8 Å². The zero-order valence-electron chi connectivity index (χ0n) is 30.1. The average molecular weight is 781 g/mol. The number of nitro benzene ring substituents is 1. The molecular formula is C40H40N6O7S2. The SMILES string of the molecule is CCOC(=O)c1cncc(-c2ccccc2CN2CCN(c3ccc(C(=O)N(c4ccc(NCCSc5ccccc5)c([N+](=O)[O-])c4)S(=O)O)cc3)CC2)c1. The van der Waals surface area contributed by atoms with Crippen LogP contribution in [0.1, 0.15) is 33.2 Å². The molecule has 13 nitrogen and oxygen atoms in total. The molecule has 1 fully saturated rings. The molecule has 0 aliphatic carbocycles. The van der Waals surface area contributed by atoms with Crippen LogP contribution in [-0.4, -0.2) is 80.5 Å². The topological polar surface area (TPSA) is 158 Å². The molecule has 1 aromatic heterocycles. The number of carbonyl (C=O) groups excluding carboxylic acids is 2. The Morgan fingerprint density at radius 1 is 0.945 bits per heavy atom. The lowest BCUT2D eigenvalue weighted by atomic mass is 9.99. The third-order valence-electron chi connectivity index (χ3n) is 9.01. The molecule has 1 atom stereocenters. The fourth-order valence-corrected chi connectivity index (χ4v) is 7.62. The molecule has 1 aliphatic heterocycles. The van der Waals surface area contributed by atoms with Gasteiger partial charge in [-0.25, -0.2) is 13.3 Å². The molecule has 2 N–H and O–H groups in total. The molecule has 1 saturated heterocycles. The molecule has 5 aromatic rings. The summed E-state index contributed by atoms with van der Waals surface area (Å²) in [6, 6.07) is 30.4. The summed E-state index contributed by atoms with van der Waals surface area (Å²) in [5.41, 5.74) is 4.26. The number of carbonyl (C=O) groups is 2. The van der Waals surface area contributed by atoms with Gasteiger partial charge in [-0.1, -0.05) is 42.5 Å². The Labute approximate surface area is 325 Å². The van der Waals surface area contributed by atoms with Crippen molar-refractivity contribution in [2.24, 2.45) is 0 Å². The first-order valence-electron chi connectivity index (χ1n) is 17.6. The van der Waals surface area contributed by atoms with Crippen LogP contribution in [0.2, 0.25) is 0 Å². The number of nitro groups is 1. The van der Waals surface area contributed by atoms with Crippen molar-refractivity contribution in [3.05, 3.63) is 142 Å². The number of pyridine rings is 1. The van der Waals surface area contributed by atoms with Gasteiger partial charge in [-0.05, 0) is 72.6 Å². The lowest BCUT2D eigenvalue weighted by molar-refractivity contribution is -0.383. The molecule has 1 amide bonds. The Morgan fingerprint density at radius 2 is 1.67 bits per heavy atom. The molecule has 4 aromatic carbocycles. The molecule has 55 heavy (non-hydrogen) atoms. The fraction of sp³-hybridized carbons (Fsp3) is 0.225. The maximum Gasteiger partial charge on any atom is 0.339 e. The highest BCUT2D eigenvalue weighted by atomic mass is 32.2. The number of nitrogens with one attached hydrogen (secondary N) is 1. The van der Waals surface area contributed by atoms with Crippen molar-refractivity contribution >= 4 is 57.7 Å². The number of benzene rings is 4. The number of piperazine rings is 1. The van der Waals surface area contributed by atoms with Crippen LogP contribution in [-0.2, 0) is 22.5 Å². The number of hydrogen-bond acceptors (Lipinski definition) is 11. The minimum atomic E-state index is -2.79. The molecule has 0 spiro atoms. The maximum atomic E-state index is 13.6. The van der Waals surface area contributed by atoms with Crippen LogP contribution in [0.15, 0.2) is 120 Å². The van der Waals surface area contributed by atoms with Crippen molar-refractivity contribution in [3.8, 4) is 11.1 Å². The van der Waals surface area contributed by atoms with Crippen LogP contribution in [0.5, 0.6) is 0 Å². The molecule has 0 radical (unpaired) electrons. The Balaban J connectivity index is 1.07. The monoisotopic (exact) mass is 780 g/mol. The van der Waals surface area contributed by atoms with Crippen molar-refractivity contribution in [1.82, 2.24) is 9.88 Å². The third kappa shape index (κ3) is 9.93. The number of hydrogen-bond donors (Lipinski definition) is 2. The van der Waals surface area contributed by atoms with E-state index in [0.29, 0.717) is 28.7 Å². The van der Waals surface area contributed by atoms with E-state index in [1.165, 1.54) is 18.3 Å². The van der Waals surface area contributed by atoms with Crippen molar-refractivity contribution < 1.29 is 28.0 Å². The van der Waals surface area contributed by atoms with Gasteiger partial charge in [-0.3, -0.25) is 29.3 Å². The molecule has 2 heterocycles. The molecule has 284 valence electrons. The van der Waals surface area contributed by atoms with Gasteiger partial charge in [0.05, 0.1) is 22.8 Å². The van der Waals surface area contributed by atoms with E-state index in [1.807, 2.05) is 48.5 Å². The molecular weight excluding hydrogens is 741 g/mol. The minimum absolute atomic E-state index is 0.0773. The molecule has 0 saturated carbocycles. The first-order chi connectivity index (χ1) is 26.7. The van der Waals surface area contributed by atoms with E-state index in [0.717, 1.165) is 59.5 Å². The lowest BCUT2D eigenvalue weighted by Crippen LogP contribution is -2.46. The summed E-state index contributed by atoms with van der Waals surface area (Å²) in [5.74, 6) is -0.519. The quantitative estimate of drug-likeness (QED) is 0.0277. The number of rotatable bonds is 15. The number of anilines is 3. The van der Waals surface area contributed by atoms with E-state index in [2.05, 4.69) is 26.2 Å². The fourth-order valence-electron chi connectivity index (χ4n) is 6.29. The largest absolute Gasteiger partial charge is 0.462 e. The standard InChI is InChI=1S/C40H40N6O7S2/c1-2-53-40(48)32-24-31(26-41-27-32)36-11-7-6-8-30(36)28-43-19-21-44(22-20-43)33-14-12-29(13-15-33)39(47)45(55(51)52)34-16-17-37(38(25-34)46(49)50)42-18-23-54-35-9-4-3-5-10-35/h3-17,24-27,42H,2,18-23,28H2,1H3,(H,51,52). The maximum absolute atomic E-state index is 13.6. The first kappa shape index (κ1) is 39.1. The van der Waals surface area contributed by atoms with E-state index in [4.69, 9.17) is 4.74 Å². The van der Waals surface area contributed by atoms with Gasteiger partial charge >= 0.3 is 5.97 Å². The predicted molar refractivity (Wildman–Crippen MR) is 216 cm³/mol. The van der Waals surface area contributed by atoms with Crippen molar-refractivity contribution in [2.75, 3.05) is 59.6 Å². The summed E-state index contributed by atoms with van der Waals surface area (Å²) in [6.07, 6.45) is 3.26. The Hall–Kier alpha value is -5.61. The summed E-state index contributed by atoms with van der Waals surface area (Å²) >= 11 is -1.19. The summed E-state index contributed by atoms with van der Waals surface area (Å²) in [4.78, 5) is 47.2. The number of nitrogens with zero attached hydrogens (tertiary/aromatic N) is 5. The second-order valence-electron chi connectivity index (χ2n) is 12.5. The van der Waals surface area contributed by atoms with Gasteiger partial charge in [-0.15, -0.1) is 11.8 Å². The average Bonchev–Trinajstić information content (AvgIpc) is 3.21. The smallest absolute Gasteiger partial charge is 0.339 e. The third-order valence-corrected chi connectivity index (χ3v) is 10.7. The zero-order valence-corrected chi connectivity index (χ0v) is 31.7. The summed E-state index contributed by atoms with van der Waals surface area (Å²) in [7, 11) is 0. The number of thioether (sulfide) groups is 1. The van der Waals surface area contributed by atoms with E-state index >= 15 is 0 Å². The van der Waals surface area contributed by atoms with E-state index in [-0.39, 0.29) is 29.2 Å². The van der Waals surface area contributed by atoms with Gasteiger partial charge in [-0.2, -0.15) is 0 Å². The highest BCUT2D eigenvalue weighted by molar-refractivity contribution is 7.99. The van der Waals surface area contributed by atoms with Gasteiger partial charge in [0.2, 0.25) is 0 Å². The van der Waals surface area contributed by atoms with Gasteiger partial charge < -0.3 is 15.0 Å². The first-order valence-corrected chi connectivity index (χ1v) is 19.7. The summed E-state index contributed by atoms with van der Waals surface area (Å²) in [5, 5.41) is 15.0. The van der Waals surface area contributed by atoms with Crippen LogP contribution in [0.25, 0.3) is 11.1 Å². The summed E-state index contributed by atoms with van der Waals surface area (Å²) < 4.78 is 28.4. The Bertz CT molecular complexity index is 2150. The van der Waals surface area contributed by atoms with E-state index in [1.54, 1.807) is 55.2 Å². The van der Waals surface area contributed by atoms with Crippen LogP contribution in [0.3, 0.4) is 0 Å². The van der Waals surface area contributed by atoms with Crippen molar-refractivity contribution in [3.63, 3.8) is 0 Å². The van der Waals surface area contributed by atoms with Gasteiger partial charge in [0, 0.05) is 85.2 Å². The highest BCUT2D eigenvalue weighted by Crippen LogP contribution is 2.32. The van der Waals surface area contributed by atoms with Crippen LogP contribution in [0, 0.1) is 10.1 Å². The second-order valence-corrected chi connectivity index (χ2v) is 14.5. The van der Waals surface area contributed by atoms with Crippen molar-refractivity contribution in [1.29, 1.82) is 0 Å². The lowest BCUT2D eigenvalue weighted by Gasteiger charge is -2.36. The Morgan fingerprint density at radius 3 is 2.38 bits per heavy atom. The van der Waals surface area contributed by atoms with E-state index in [9.17, 15) is 28.5 Å². The number of esters is 1. The molecule has 0 bridgehead atoms. The highest BCUT2D eigenvalue weighted by Gasteiger charge is 2.27. The van der Waals surface area contributed by atoms with Gasteiger partial charge in [0.15, 0.2) is 0 Å². The summed E-state index contributed by atoms with van der Waals surface area (Å²) in [6.45, 7) is 6.23. The zero-order chi connectivity index (χ0) is 38.7. The normalized spacial score (nSPS) is 13.5. The van der Waals surface area contributed by atoms with E-state index < -0.39 is 28.1 Å². The predicted octanol–water partition coefficient (Wildman–Crippen LogP) is 7.14. The van der Waals surface area contributed by atoms with Gasteiger partial charge in [0.1, 0.15) is 5.69 Å². The number of aromatic nitrogens is 1. The van der Waals surface area contributed by atoms with Gasteiger partial charge in [0.25, 0.3) is 22.9 Å². The van der Waals surface area contributed by atoms with Crippen LogP contribution in [0.4, 0.5) is 22.7 Å². The van der Waals surface area contributed by atoms with Crippen LogP contribution < -0.4 is 14.5 Å². The molecule has 1 aliphatic rings.